The van der Waals surface area contributed by atoms with E-state index in [9.17, 15) is 14.7 Å². The molecule has 0 spiro atoms. The number of benzene rings is 2. The lowest BCUT2D eigenvalue weighted by atomic mass is 10.0. The van der Waals surface area contributed by atoms with Crippen molar-refractivity contribution in [2.45, 2.75) is 71.4 Å². The number of phenols is 1. The van der Waals surface area contributed by atoms with Crippen LogP contribution in [0.5, 0.6) is 5.75 Å². The molecule has 0 atom stereocenters. The molecule has 8 heteroatoms. The van der Waals surface area contributed by atoms with Gasteiger partial charge in [0.05, 0.1) is 6.54 Å². The summed E-state index contributed by atoms with van der Waals surface area (Å²) in [5, 5.41) is 19.9. The van der Waals surface area contributed by atoms with Crippen molar-refractivity contribution >= 4 is 23.0 Å². The molecule has 180 valence electrons. The molecule has 4 rings (SSSR count). The first kappa shape index (κ1) is 23.7. The van der Waals surface area contributed by atoms with Crippen LogP contribution in [0.25, 0.3) is 16.7 Å². The Balaban J connectivity index is 1.51. The second kappa shape index (κ2) is 9.83. The maximum absolute atomic E-state index is 13.2. The largest absolute Gasteiger partial charge is 0.505 e. The van der Waals surface area contributed by atoms with Crippen LogP contribution in [0.4, 0.5) is 4.79 Å². The number of para-hydroxylation sites is 1. The van der Waals surface area contributed by atoms with Gasteiger partial charge < -0.3 is 10.0 Å². The topological polar surface area (TPSA) is 91.6 Å². The van der Waals surface area contributed by atoms with Crippen molar-refractivity contribution in [3.05, 3.63) is 48.0 Å². The third-order valence-electron chi connectivity index (χ3n) is 6.57. The number of aromatic hydroxyl groups is 1. The molecular weight excluding hydrogens is 430 g/mol. The molecule has 1 aromatic heterocycles. The number of hydrogen-bond donors (Lipinski definition) is 1. The van der Waals surface area contributed by atoms with Gasteiger partial charge in [0.1, 0.15) is 28.0 Å². The lowest BCUT2D eigenvalue weighted by molar-refractivity contribution is -0.132. The molecule has 1 saturated heterocycles. The Morgan fingerprint density at radius 3 is 2.21 bits per heavy atom. The van der Waals surface area contributed by atoms with Gasteiger partial charge >= 0.3 is 6.03 Å². The van der Waals surface area contributed by atoms with Gasteiger partial charge in [-0.25, -0.2) is 4.79 Å². The van der Waals surface area contributed by atoms with Crippen LogP contribution in [0.15, 0.2) is 42.5 Å². The van der Waals surface area contributed by atoms with Gasteiger partial charge in [0, 0.05) is 12.1 Å². The first-order valence-electron chi connectivity index (χ1n) is 12.1. The van der Waals surface area contributed by atoms with Crippen LogP contribution in [-0.2, 0) is 11.3 Å². The summed E-state index contributed by atoms with van der Waals surface area (Å²) in [4.78, 5) is 30.6. The fourth-order valence-electron chi connectivity index (χ4n) is 4.43. The van der Waals surface area contributed by atoms with Crippen molar-refractivity contribution in [3.63, 3.8) is 0 Å². The summed E-state index contributed by atoms with van der Waals surface area (Å²) in [5.41, 5.74) is 1.42. The molecule has 1 N–H and O–H groups in total. The van der Waals surface area contributed by atoms with Gasteiger partial charge in [0.15, 0.2) is 0 Å². The molecule has 3 aromatic rings. The molecule has 1 aliphatic heterocycles. The van der Waals surface area contributed by atoms with Crippen LogP contribution >= 0.6 is 0 Å². The average molecular weight is 464 g/mol. The Hall–Kier alpha value is -3.42. The minimum absolute atomic E-state index is 0.00627. The molecule has 3 amide bonds. The van der Waals surface area contributed by atoms with Crippen molar-refractivity contribution in [2.24, 2.45) is 0 Å². The van der Waals surface area contributed by atoms with E-state index in [0.717, 1.165) is 30.3 Å². The fourth-order valence-corrected chi connectivity index (χ4v) is 4.43. The SMILES string of the molecule is CCCCCCCCN1C(=O)N(Cc2cccc(-n3nc4ccccc4n3)c2O)C(C)(C)C1=O. The highest BCUT2D eigenvalue weighted by atomic mass is 16.3. The number of nitrogens with zero attached hydrogens (tertiary/aromatic N) is 5. The van der Waals surface area contributed by atoms with Crippen molar-refractivity contribution in [1.82, 2.24) is 24.8 Å². The highest BCUT2D eigenvalue weighted by Gasteiger charge is 2.50. The van der Waals surface area contributed by atoms with Crippen molar-refractivity contribution in [2.75, 3.05) is 6.54 Å². The second-order valence-electron chi connectivity index (χ2n) is 9.42. The van der Waals surface area contributed by atoms with E-state index in [2.05, 4.69) is 17.1 Å². The first-order valence-corrected chi connectivity index (χ1v) is 12.1. The van der Waals surface area contributed by atoms with Crippen molar-refractivity contribution in [1.29, 1.82) is 0 Å². The average Bonchev–Trinajstić information content (AvgIpc) is 3.31. The molecule has 8 nitrogen and oxygen atoms in total. The molecule has 34 heavy (non-hydrogen) atoms. The second-order valence-corrected chi connectivity index (χ2v) is 9.42. The van der Waals surface area contributed by atoms with Crippen LogP contribution in [0.3, 0.4) is 0 Å². The number of fused-ring (bicyclic) bond motifs is 1. The maximum Gasteiger partial charge on any atom is 0.327 e. The zero-order chi connectivity index (χ0) is 24.3. The third kappa shape index (κ3) is 4.49. The quantitative estimate of drug-likeness (QED) is 0.336. The van der Waals surface area contributed by atoms with Crippen LogP contribution in [0, 0.1) is 0 Å². The van der Waals surface area contributed by atoms with E-state index in [0.29, 0.717) is 17.8 Å². The number of amides is 3. The maximum atomic E-state index is 13.2. The molecule has 0 radical (unpaired) electrons. The lowest BCUT2D eigenvalue weighted by Gasteiger charge is -2.28. The number of aromatic nitrogens is 3. The summed E-state index contributed by atoms with van der Waals surface area (Å²) in [6, 6.07) is 12.4. The first-order chi connectivity index (χ1) is 16.3. The summed E-state index contributed by atoms with van der Waals surface area (Å²) in [7, 11) is 0. The monoisotopic (exact) mass is 463 g/mol. The van der Waals surface area contributed by atoms with Gasteiger partial charge in [-0.3, -0.25) is 9.69 Å². The summed E-state index contributed by atoms with van der Waals surface area (Å²) >= 11 is 0. The van der Waals surface area contributed by atoms with Crippen LogP contribution in [0.1, 0.15) is 64.9 Å². The summed E-state index contributed by atoms with van der Waals surface area (Å²) in [6.07, 6.45) is 6.53. The zero-order valence-corrected chi connectivity index (χ0v) is 20.2. The lowest BCUT2D eigenvalue weighted by Crippen LogP contribution is -2.43. The molecule has 0 saturated carbocycles. The third-order valence-corrected chi connectivity index (χ3v) is 6.57. The van der Waals surface area contributed by atoms with Gasteiger partial charge in [-0.1, -0.05) is 63.3 Å². The van der Waals surface area contributed by atoms with E-state index in [1.54, 1.807) is 32.0 Å². The minimum atomic E-state index is -0.986. The van der Waals surface area contributed by atoms with Gasteiger partial charge in [-0.2, -0.15) is 0 Å². The highest BCUT2D eigenvalue weighted by molar-refractivity contribution is 6.06. The molecule has 0 unspecified atom stereocenters. The number of rotatable bonds is 10. The highest BCUT2D eigenvalue weighted by Crippen LogP contribution is 2.33. The number of carbonyl (C=O) groups excluding carboxylic acids is 2. The molecule has 0 aliphatic carbocycles. The van der Waals surface area contributed by atoms with Crippen LogP contribution < -0.4 is 0 Å². The van der Waals surface area contributed by atoms with Gasteiger partial charge in [-0.15, -0.1) is 15.0 Å². The number of urea groups is 1. The predicted octanol–water partition coefficient (Wildman–Crippen LogP) is 5.03. The van der Waals surface area contributed by atoms with Gasteiger partial charge in [0.2, 0.25) is 0 Å². The normalized spacial score (nSPS) is 15.6. The molecule has 2 aromatic carbocycles. The van der Waals surface area contributed by atoms with Crippen molar-refractivity contribution in [3.8, 4) is 11.4 Å². The fraction of sp³-hybridized carbons (Fsp3) is 0.462. The van der Waals surface area contributed by atoms with E-state index >= 15 is 0 Å². The Morgan fingerprint density at radius 1 is 0.882 bits per heavy atom. The van der Waals surface area contributed by atoms with E-state index in [-0.39, 0.29) is 24.2 Å². The zero-order valence-electron chi connectivity index (χ0n) is 20.2. The molecule has 0 bridgehead atoms. The summed E-state index contributed by atoms with van der Waals surface area (Å²) in [5.74, 6) is -0.199. The smallest absolute Gasteiger partial charge is 0.327 e. The van der Waals surface area contributed by atoms with E-state index in [1.807, 2.05) is 24.3 Å². The van der Waals surface area contributed by atoms with Gasteiger partial charge in [0.25, 0.3) is 5.91 Å². The Kier molecular flexibility index (Phi) is 6.86. The van der Waals surface area contributed by atoms with Crippen LogP contribution in [0.2, 0.25) is 0 Å². The number of unbranched alkanes of at least 4 members (excludes halogenated alkanes) is 5. The van der Waals surface area contributed by atoms with E-state index in [4.69, 9.17) is 0 Å². The predicted molar refractivity (Wildman–Crippen MR) is 131 cm³/mol. The van der Waals surface area contributed by atoms with Gasteiger partial charge in [-0.05, 0) is 38.5 Å². The summed E-state index contributed by atoms with van der Waals surface area (Å²) < 4.78 is 0. The molecule has 1 fully saturated rings. The molecular formula is C26H33N5O3. The standard InChI is InChI=1S/C26H33N5O3/c1-4-5-6-7-8-11-17-29-24(33)26(2,3)30(25(29)34)18-19-13-12-16-22(23(19)32)31-27-20-14-9-10-15-21(20)28-31/h9-10,12-16,32H,4-8,11,17-18H2,1-3H3. The Bertz CT molecular complexity index is 1150. The molecule has 1 aliphatic rings. The Morgan fingerprint density at radius 2 is 1.53 bits per heavy atom. The Labute approximate surface area is 200 Å². The summed E-state index contributed by atoms with van der Waals surface area (Å²) in [6.45, 7) is 6.25. The van der Waals surface area contributed by atoms with Crippen molar-refractivity contribution < 1.29 is 14.7 Å². The van der Waals surface area contributed by atoms with Crippen LogP contribution in [-0.4, -0.2) is 53.9 Å². The van der Waals surface area contributed by atoms with E-state index in [1.165, 1.54) is 33.9 Å². The molecule has 2 heterocycles. The number of phenolic OH excluding ortho intramolecular Hbond substituents is 1. The van der Waals surface area contributed by atoms with E-state index < -0.39 is 5.54 Å². The number of carbonyl (C=O) groups is 2. The minimum Gasteiger partial charge on any atom is -0.505 e. The number of hydrogen-bond acceptors (Lipinski definition) is 5. The number of imide groups is 1.